The van der Waals surface area contributed by atoms with Crippen LogP contribution < -0.4 is 9.88 Å². The van der Waals surface area contributed by atoms with Gasteiger partial charge < -0.3 is 9.84 Å². The van der Waals surface area contributed by atoms with Gasteiger partial charge in [-0.15, -0.1) is 11.3 Å². The Morgan fingerprint density at radius 1 is 1.16 bits per heavy atom. The smallest absolute Gasteiger partial charge is 0.355 e. The molecule has 2 aromatic carbocycles. The van der Waals surface area contributed by atoms with Gasteiger partial charge >= 0.3 is 5.97 Å². The first-order chi connectivity index (χ1) is 17.8. The van der Waals surface area contributed by atoms with Crippen molar-refractivity contribution in [2.75, 3.05) is 6.61 Å². The lowest BCUT2D eigenvalue weighted by Gasteiger charge is -2.12. The minimum atomic E-state index is -3.78. The van der Waals surface area contributed by atoms with Gasteiger partial charge in [0.1, 0.15) is 5.75 Å². The van der Waals surface area contributed by atoms with Crippen molar-refractivity contribution in [1.82, 2.24) is 14.8 Å². The van der Waals surface area contributed by atoms with Crippen LogP contribution in [0.15, 0.2) is 65.0 Å². The van der Waals surface area contributed by atoms with Crippen molar-refractivity contribution < 1.29 is 23.1 Å². The lowest BCUT2D eigenvalue weighted by atomic mass is 10.0. The van der Waals surface area contributed by atoms with E-state index in [9.17, 15) is 18.3 Å². The predicted octanol–water partition coefficient (Wildman–Crippen LogP) is 4.50. The zero-order chi connectivity index (χ0) is 26.0. The van der Waals surface area contributed by atoms with Gasteiger partial charge in [-0.25, -0.2) is 28.0 Å². The molecule has 0 radical (unpaired) electrons. The molecule has 1 fully saturated rings. The van der Waals surface area contributed by atoms with Gasteiger partial charge in [0.15, 0.2) is 5.69 Å². The molecule has 4 aromatic rings. The van der Waals surface area contributed by atoms with Gasteiger partial charge in [0.2, 0.25) is 15.2 Å². The molecule has 0 amide bonds. The quantitative estimate of drug-likeness (QED) is 0.320. The average Bonchev–Trinajstić information content (AvgIpc) is 3.64. The second kappa shape index (κ2) is 10.4. The van der Waals surface area contributed by atoms with Gasteiger partial charge in [0, 0.05) is 29.1 Å². The highest BCUT2D eigenvalue weighted by Gasteiger charge is 2.19. The Bertz CT molecular complexity index is 1520. The third-order valence-electron chi connectivity index (χ3n) is 6.41. The van der Waals surface area contributed by atoms with Gasteiger partial charge in [-0.1, -0.05) is 37.1 Å². The van der Waals surface area contributed by atoms with Gasteiger partial charge in [-0.05, 0) is 48.6 Å². The summed E-state index contributed by atoms with van der Waals surface area (Å²) in [6.07, 6.45) is 7.19. The molecule has 11 heteroatoms. The zero-order valence-electron chi connectivity index (χ0n) is 19.9. The van der Waals surface area contributed by atoms with E-state index in [0.29, 0.717) is 29.8 Å². The van der Waals surface area contributed by atoms with E-state index in [1.165, 1.54) is 54.5 Å². The number of benzene rings is 2. The van der Waals surface area contributed by atoms with Crippen molar-refractivity contribution in [1.29, 1.82) is 0 Å². The minimum absolute atomic E-state index is 0.0421. The Morgan fingerprint density at radius 2 is 1.92 bits per heavy atom. The van der Waals surface area contributed by atoms with Crippen molar-refractivity contribution in [3.63, 3.8) is 0 Å². The highest BCUT2D eigenvalue weighted by Crippen LogP contribution is 2.31. The maximum atomic E-state index is 11.6. The lowest BCUT2D eigenvalue weighted by molar-refractivity contribution is 0.0691. The number of nitrogens with zero attached hydrogens (tertiary/aromatic N) is 3. The van der Waals surface area contributed by atoms with E-state index >= 15 is 0 Å². The summed E-state index contributed by atoms with van der Waals surface area (Å²) in [7, 11) is -3.78. The highest BCUT2D eigenvalue weighted by atomic mass is 32.2. The van der Waals surface area contributed by atoms with Gasteiger partial charge in [0.25, 0.3) is 0 Å². The summed E-state index contributed by atoms with van der Waals surface area (Å²) < 4.78 is 30.9. The number of primary sulfonamides is 1. The number of thiazole rings is 1. The summed E-state index contributed by atoms with van der Waals surface area (Å²) in [5.41, 5.74) is 3.25. The van der Waals surface area contributed by atoms with E-state index in [-0.39, 0.29) is 10.6 Å². The molecule has 3 N–H and O–H groups in total. The summed E-state index contributed by atoms with van der Waals surface area (Å²) in [5, 5.41) is 21.2. The Morgan fingerprint density at radius 3 is 2.59 bits per heavy atom. The lowest BCUT2D eigenvalue weighted by Crippen LogP contribution is -2.11. The topological polar surface area (TPSA) is 137 Å². The number of rotatable bonds is 9. The van der Waals surface area contributed by atoms with Gasteiger partial charge in [0.05, 0.1) is 17.2 Å². The van der Waals surface area contributed by atoms with E-state index in [0.717, 1.165) is 22.4 Å². The minimum Gasteiger partial charge on any atom is -0.493 e. The van der Waals surface area contributed by atoms with Crippen LogP contribution >= 0.6 is 11.3 Å². The van der Waals surface area contributed by atoms with Gasteiger partial charge in [-0.3, -0.25) is 0 Å². The molecule has 2 aromatic heterocycles. The third-order valence-corrected chi connectivity index (χ3v) is 8.17. The number of carbonyl (C=O) groups is 1. The number of sulfonamides is 1. The third kappa shape index (κ3) is 5.90. The summed E-state index contributed by atoms with van der Waals surface area (Å²) in [5.74, 6) is 0.258. The highest BCUT2D eigenvalue weighted by molar-refractivity contribution is 7.89. The van der Waals surface area contributed by atoms with Crippen LogP contribution in [-0.4, -0.2) is 40.9 Å². The summed E-state index contributed by atoms with van der Waals surface area (Å²) >= 11 is 1.19. The summed E-state index contributed by atoms with van der Waals surface area (Å²) in [6, 6.07) is 14.2. The Labute approximate surface area is 218 Å². The van der Waals surface area contributed by atoms with E-state index in [2.05, 4.69) is 4.98 Å². The number of aromatic nitrogens is 3. The van der Waals surface area contributed by atoms with E-state index in [4.69, 9.17) is 15.0 Å². The molecule has 1 saturated carbocycles. The monoisotopic (exact) mass is 538 g/mol. The first-order valence-electron chi connectivity index (χ1n) is 11.9. The molecule has 37 heavy (non-hydrogen) atoms. The van der Waals surface area contributed by atoms with Crippen LogP contribution in [0.2, 0.25) is 0 Å². The van der Waals surface area contributed by atoms with Crippen LogP contribution in [-0.2, 0) is 16.4 Å². The largest absolute Gasteiger partial charge is 0.493 e. The summed E-state index contributed by atoms with van der Waals surface area (Å²) in [4.78, 5) is 15.5. The number of ether oxygens (including phenoxy) is 1. The van der Waals surface area contributed by atoms with Crippen molar-refractivity contribution >= 4 is 27.3 Å². The van der Waals surface area contributed by atoms with E-state index < -0.39 is 16.0 Å². The van der Waals surface area contributed by atoms with Crippen molar-refractivity contribution in [3.05, 3.63) is 76.9 Å². The van der Waals surface area contributed by atoms with Crippen LogP contribution in [0.1, 0.15) is 47.3 Å². The molecular weight excluding hydrogens is 512 g/mol. The van der Waals surface area contributed by atoms with Crippen LogP contribution in [0.5, 0.6) is 5.75 Å². The number of carboxylic acid groups (broad SMARTS) is 1. The van der Waals surface area contributed by atoms with Gasteiger partial charge in [-0.2, -0.15) is 5.10 Å². The van der Waals surface area contributed by atoms with E-state index in [1.807, 2.05) is 30.5 Å². The first kappa shape index (κ1) is 25.1. The molecular formula is C26H26N4O5S2. The van der Waals surface area contributed by atoms with Crippen LogP contribution in [0.3, 0.4) is 0 Å². The Balaban J connectivity index is 1.48. The van der Waals surface area contributed by atoms with Crippen molar-refractivity contribution in [2.24, 2.45) is 11.1 Å². The van der Waals surface area contributed by atoms with Crippen LogP contribution in [0, 0.1) is 5.92 Å². The second-order valence-electron chi connectivity index (χ2n) is 9.12. The SMILES string of the molecule is NS(=O)(=O)c1ccc(Cc2cn(-c3nc(C(=O)O)cs3)nc2-c2cccc(OCC3CCCC3)c2)cc1. The first-order valence-corrected chi connectivity index (χ1v) is 14.3. The fraction of sp³-hybridized carbons (Fsp3) is 0.269. The fourth-order valence-electron chi connectivity index (χ4n) is 4.49. The molecule has 1 aliphatic rings. The molecule has 0 unspecified atom stereocenters. The molecule has 2 heterocycles. The number of nitrogens with two attached hydrogens (primary N) is 1. The predicted molar refractivity (Wildman–Crippen MR) is 140 cm³/mol. The standard InChI is InChI=1S/C26H26N4O5S2/c27-37(33,34)22-10-8-17(9-11-22)12-20-14-30(26-28-23(16-36-26)25(31)32)29-24(20)19-6-3-7-21(13-19)35-15-18-4-1-2-5-18/h3,6-11,13-14,16,18H,1-2,4-5,12,15H2,(H,31,32)(H2,27,33,34). The molecule has 0 spiro atoms. The maximum Gasteiger partial charge on any atom is 0.355 e. The molecule has 1 aliphatic carbocycles. The summed E-state index contributed by atoms with van der Waals surface area (Å²) in [6.45, 7) is 0.693. The van der Waals surface area contributed by atoms with Crippen molar-refractivity contribution in [2.45, 2.75) is 37.0 Å². The van der Waals surface area contributed by atoms with E-state index in [1.54, 1.807) is 16.8 Å². The Kier molecular flexibility index (Phi) is 7.09. The zero-order valence-corrected chi connectivity index (χ0v) is 21.5. The van der Waals surface area contributed by atoms with Crippen LogP contribution in [0.4, 0.5) is 0 Å². The molecule has 0 aliphatic heterocycles. The molecule has 5 rings (SSSR count). The van der Waals surface area contributed by atoms with Crippen molar-refractivity contribution in [3.8, 4) is 22.1 Å². The number of hydrogen-bond acceptors (Lipinski definition) is 7. The Hall–Kier alpha value is -3.54. The number of aromatic carboxylic acids is 1. The maximum absolute atomic E-state index is 11.6. The molecule has 0 saturated heterocycles. The second-order valence-corrected chi connectivity index (χ2v) is 11.5. The molecule has 0 atom stereocenters. The molecule has 9 nitrogen and oxygen atoms in total. The number of carboxylic acids is 1. The number of hydrogen-bond donors (Lipinski definition) is 2. The average molecular weight is 539 g/mol. The molecule has 0 bridgehead atoms. The van der Waals surface area contributed by atoms with Crippen LogP contribution in [0.25, 0.3) is 16.4 Å². The molecule has 192 valence electrons. The fourth-order valence-corrected chi connectivity index (χ4v) is 5.73. The normalized spacial score (nSPS) is 14.2.